The molecule has 3 aromatic rings. The van der Waals surface area contributed by atoms with Crippen LogP contribution in [0.5, 0.6) is 11.5 Å². The maximum absolute atomic E-state index is 13.1. The molecule has 0 radical (unpaired) electrons. The highest BCUT2D eigenvalue weighted by Gasteiger charge is 2.60. The fourth-order valence-electron chi connectivity index (χ4n) is 5.97. The first-order valence-electron chi connectivity index (χ1n) is 12.8. The molecule has 2 amide bonds. The van der Waals surface area contributed by atoms with Crippen LogP contribution in [-0.4, -0.2) is 22.7 Å². The molecule has 2 bridgehead atoms. The fraction of sp³-hybridized carbons (Fsp3) is 0.233. The third kappa shape index (κ3) is 4.42. The number of fused-ring (bicyclic) bond motifs is 5. The van der Waals surface area contributed by atoms with Gasteiger partial charge in [-0.15, -0.1) is 0 Å². The van der Waals surface area contributed by atoms with E-state index in [2.05, 4.69) is 6.08 Å². The number of anilines is 1. The maximum atomic E-state index is 13.1. The standard InChI is InChI=1S/C30H23ClN2O7/c1-16-12-19-13-23(16)27-26(19)28(34)32(29(27)35)20-6-4-18(5-7-20)30(36)39-15-17-2-9-22(10-3-17)40-25-11-8-21(33(37)38)14-24(25)31/h2-12,14,19,23,26-27H,13,15H2,1H3/t19-,23+,26-,27+/m0/s1. The molecule has 6 rings (SSSR count). The highest BCUT2D eigenvalue weighted by atomic mass is 35.5. The lowest BCUT2D eigenvalue weighted by molar-refractivity contribution is -0.384. The van der Waals surface area contributed by atoms with Gasteiger partial charge in [0.15, 0.2) is 0 Å². The molecule has 1 aliphatic heterocycles. The minimum atomic E-state index is -0.543. The van der Waals surface area contributed by atoms with Gasteiger partial charge in [0.2, 0.25) is 11.8 Å². The normalized spacial score (nSPS) is 22.8. The molecule has 0 spiro atoms. The van der Waals surface area contributed by atoms with Crippen LogP contribution >= 0.6 is 11.6 Å². The van der Waals surface area contributed by atoms with E-state index >= 15 is 0 Å². The Labute approximate surface area is 234 Å². The summed E-state index contributed by atoms with van der Waals surface area (Å²) in [4.78, 5) is 50.4. The van der Waals surface area contributed by atoms with Gasteiger partial charge in [-0.2, -0.15) is 0 Å². The third-order valence-corrected chi connectivity index (χ3v) is 8.18. The van der Waals surface area contributed by atoms with Gasteiger partial charge in [0.25, 0.3) is 5.69 Å². The summed E-state index contributed by atoms with van der Waals surface area (Å²) in [7, 11) is 0. The Morgan fingerprint density at radius 2 is 1.73 bits per heavy atom. The first kappa shape index (κ1) is 25.8. The van der Waals surface area contributed by atoms with Crippen LogP contribution in [0.1, 0.15) is 29.3 Å². The number of hydrogen-bond acceptors (Lipinski definition) is 7. The van der Waals surface area contributed by atoms with Crippen LogP contribution < -0.4 is 9.64 Å². The van der Waals surface area contributed by atoms with Crippen LogP contribution in [0.15, 0.2) is 78.4 Å². The summed E-state index contributed by atoms with van der Waals surface area (Å²) in [5, 5.41) is 11.0. The van der Waals surface area contributed by atoms with Crippen LogP contribution in [0.2, 0.25) is 5.02 Å². The molecule has 3 aliphatic rings. The van der Waals surface area contributed by atoms with Crippen molar-refractivity contribution in [2.75, 3.05) is 4.90 Å². The lowest BCUT2D eigenvalue weighted by atomic mass is 9.82. The zero-order valence-corrected chi connectivity index (χ0v) is 22.0. The second kappa shape index (κ2) is 9.91. The summed E-state index contributed by atoms with van der Waals surface area (Å²) in [6, 6.07) is 17.0. The summed E-state index contributed by atoms with van der Waals surface area (Å²) in [6.45, 7) is 2.04. The van der Waals surface area contributed by atoms with E-state index in [9.17, 15) is 24.5 Å². The number of nitro groups is 1. The lowest BCUT2D eigenvalue weighted by Gasteiger charge is -2.19. The number of non-ortho nitro benzene ring substituents is 1. The van der Waals surface area contributed by atoms with Crippen molar-refractivity contribution in [3.63, 3.8) is 0 Å². The van der Waals surface area contributed by atoms with Crippen molar-refractivity contribution in [3.8, 4) is 11.5 Å². The first-order chi connectivity index (χ1) is 19.2. The molecule has 1 saturated carbocycles. The van der Waals surface area contributed by atoms with Crippen LogP contribution in [0.3, 0.4) is 0 Å². The number of carbonyl (C=O) groups is 3. The number of nitro benzene ring substituents is 1. The molecule has 0 aromatic heterocycles. The lowest BCUT2D eigenvalue weighted by Crippen LogP contribution is -2.32. The van der Waals surface area contributed by atoms with Gasteiger partial charge in [0, 0.05) is 12.1 Å². The minimum absolute atomic E-state index is 0.0146. The van der Waals surface area contributed by atoms with Crippen molar-refractivity contribution < 1.29 is 28.8 Å². The number of ether oxygens (including phenoxy) is 2. The van der Waals surface area contributed by atoms with Gasteiger partial charge in [-0.25, -0.2) is 4.79 Å². The number of rotatable bonds is 7. The van der Waals surface area contributed by atoms with Crippen molar-refractivity contribution in [1.29, 1.82) is 0 Å². The van der Waals surface area contributed by atoms with Gasteiger partial charge >= 0.3 is 5.97 Å². The zero-order valence-electron chi connectivity index (χ0n) is 21.3. The van der Waals surface area contributed by atoms with Crippen LogP contribution in [0, 0.1) is 33.8 Å². The molecular weight excluding hydrogens is 536 g/mol. The van der Waals surface area contributed by atoms with Gasteiger partial charge in [-0.3, -0.25) is 24.6 Å². The zero-order chi connectivity index (χ0) is 28.1. The summed E-state index contributed by atoms with van der Waals surface area (Å²) in [5.41, 5.74) is 2.53. The molecule has 1 heterocycles. The molecular formula is C30H23ClN2O7. The van der Waals surface area contributed by atoms with E-state index in [0.717, 1.165) is 6.42 Å². The summed E-state index contributed by atoms with van der Waals surface area (Å²) in [5.74, 6) is -0.427. The molecule has 4 atom stereocenters. The van der Waals surface area contributed by atoms with Crippen molar-refractivity contribution in [2.45, 2.75) is 20.0 Å². The fourth-order valence-corrected chi connectivity index (χ4v) is 6.19. The number of nitrogens with zero attached hydrogens (tertiary/aromatic N) is 2. The predicted octanol–water partition coefficient (Wildman–Crippen LogP) is 6.10. The molecule has 10 heteroatoms. The third-order valence-electron chi connectivity index (χ3n) is 7.89. The Kier molecular flexibility index (Phi) is 6.38. The van der Waals surface area contributed by atoms with E-state index in [1.165, 1.54) is 28.7 Å². The summed E-state index contributed by atoms with van der Waals surface area (Å²) >= 11 is 6.07. The highest BCUT2D eigenvalue weighted by Crippen LogP contribution is 2.55. The molecule has 40 heavy (non-hydrogen) atoms. The molecule has 9 nitrogen and oxygen atoms in total. The highest BCUT2D eigenvalue weighted by molar-refractivity contribution is 6.32. The number of carbonyl (C=O) groups excluding carboxylic acids is 3. The van der Waals surface area contributed by atoms with E-state index in [0.29, 0.717) is 22.6 Å². The van der Waals surface area contributed by atoms with Crippen molar-refractivity contribution >= 4 is 40.8 Å². The van der Waals surface area contributed by atoms with E-state index in [1.807, 2.05) is 6.92 Å². The predicted molar refractivity (Wildman–Crippen MR) is 145 cm³/mol. The number of allylic oxidation sites excluding steroid dienone is 2. The Morgan fingerprint density at radius 3 is 2.40 bits per heavy atom. The van der Waals surface area contributed by atoms with Gasteiger partial charge in [0.1, 0.15) is 18.1 Å². The van der Waals surface area contributed by atoms with Gasteiger partial charge in [0.05, 0.1) is 33.0 Å². The minimum Gasteiger partial charge on any atom is -0.457 e. The molecule has 1 saturated heterocycles. The van der Waals surface area contributed by atoms with Crippen molar-refractivity contribution in [2.24, 2.45) is 23.7 Å². The monoisotopic (exact) mass is 558 g/mol. The molecule has 0 unspecified atom stereocenters. The largest absolute Gasteiger partial charge is 0.457 e. The number of hydrogen-bond donors (Lipinski definition) is 0. The van der Waals surface area contributed by atoms with E-state index < -0.39 is 10.9 Å². The van der Waals surface area contributed by atoms with Crippen molar-refractivity contribution in [1.82, 2.24) is 0 Å². The average molecular weight is 559 g/mol. The Bertz CT molecular complexity index is 1580. The van der Waals surface area contributed by atoms with E-state index in [1.54, 1.807) is 48.5 Å². The number of esters is 1. The first-order valence-corrected chi connectivity index (χ1v) is 13.1. The molecule has 2 fully saturated rings. The molecule has 3 aromatic carbocycles. The van der Waals surface area contributed by atoms with Gasteiger partial charge in [-0.05, 0) is 73.2 Å². The molecule has 202 valence electrons. The van der Waals surface area contributed by atoms with E-state index in [4.69, 9.17) is 21.1 Å². The van der Waals surface area contributed by atoms with Gasteiger partial charge < -0.3 is 9.47 Å². The number of halogens is 1. The van der Waals surface area contributed by atoms with Crippen molar-refractivity contribution in [3.05, 3.63) is 105 Å². The SMILES string of the molecule is CC1=C[C@H]2C[C@H]1[C@H]1C(=O)N(c3ccc(C(=O)OCc4ccc(Oc5ccc([N+](=O)[O-])cc5Cl)cc4)cc3)C(=O)[C@H]12. The van der Waals surface area contributed by atoms with Gasteiger partial charge in [-0.1, -0.05) is 35.4 Å². The summed E-state index contributed by atoms with van der Waals surface area (Å²) in [6.07, 6.45) is 3.01. The Morgan fingerprint density at radius 1 is 1.02 bits per heavy atom. The smallest absolute Gasteiger partial charge is 0.338 e. The second-order valence-electron chi connectivity index (χ2n) is 10.2. The topological polar surface area (TPSA) is 116 Å². The Balaban J connectivity index is 1.05. The molecule has 2 aliphatic carbocycles. The van der Waals surface area contributed by atoms with Crippen LogP contribution in [0.25, 0.3) is 0 Å². The van der Waals surface area contributed by atoms with E-state index in [-0.39, 0.29) is 58.6 Å². The van der Waals surface area contributed by atoms with Crippen LogP contribution in [-0.2, 0) is 20.9 Å². The number of benzene rings is 3. The quantitative estimate of drug-likeness (QED) is 0.113. The number of amides is 2. The average Bonchev–Trinajstić information content (AvgIpc) is 3.59. The summed E-state index contributed by atoms with van der Waals surface area (Å²) < 4.78 is 11.1. The second-order valence-corrected chi connectivity index (χ2v) is 10.6. The van der Waals surface area contributed by atoms with Crippen LogP contribution in [0.4, 0.5) is 11.4 Å². The number of imide groups is 1. The Hall–Kier alpha value is -4.50. The molecule has 0 N–H and O–H groups in total. The maximum Gasteiger partial charge on any atom is 0.338 e.